The Kier molecular flexibility index (Phi) is 5.40. The van der Waals surface area contributed by atoms with Gasteiger partial charge in [0.15, 0.2) is 23.0 Å². The molecule has 10 nitrogen and oxygen atoms in total. The molecule has 1 aromatic heterocycles. The summed E-state index contributed by atoms with van der Waals surface area (Å²) >= 11 is 0. The topological polar surface area (TPSA) is 112 Å². The van der Waals surface area contributed by atoms with Crippen molar-refractivity contribution in [3.63, 3.8) is 0 Å². The first-order chi connectivity index (χ1) is 15.6. The second-order valence-corrected chi connectivity index (χ2v) is 7.57. The summed E-state index contributed by atoms with van der Waals surface area (Å²) in [6.45, 7) is 6.18. The number of anilines is 5. The van der Waals surface area contributed by atoms with Crippen LogP contribution in [-0.2, 0) is 0 Å². The normalized spacial score (nSPS) is 14.1. The highest BCUT2D eigenvalue weighted by molar-refractivity contribution is 5.64. The van der Waals surface area contributed by atoms with Gasteiger partial charge < -0.3 is 34.9 Å². The Hall–Kier alpha value is -3.95. The summed E-state index contributed by atoms with van der Waals surface area (Å²) in [5, 5.41) is 9.67. The molecular formula is C22H24N6O4. The van der Waals surface area contributed by atoms with Gasteiger partial charge in [0.05, 0.1) is 0 Å². The second-order valence-electron chi connectivity index (χ2n) is 7.57. The van der Waals surface area contributed by atoms with E-state index in [1.165, 1.54) is 0 Å². The fraction of sp³-hybridized carbons (Fsp3) is 0.318. The molecule has 0 amide bonds. The van der Waals surface area contributed by atoms with Crippen molar-refractivity contribution >= 4 is 29.2 Å². The molecule has 0 saturated heterocycles. The van der Waals surface area contributed by atoms with Crippen molar-refractivity contribution in [3.8, 4) is 23.0 Å². The van der Waals surface area contributed by atoms with Crippen molar-refractivity contribution in [1.29, 1.82) is 0 Å². The largest absolute Gasteiger partial charge is 0.486 e. The number of hydrogen-bond donors (Lipinski definition) is 3. The molecule has 166 valence electrons. The van der Waals surface area contributed by atoms with Gasteiger partial charge in [-0.15, -0.1) is 0 Å². The standard InChI is InChI=1S/C22H24N6O4/c1-13(2)23-20-26-21(24-14-3-5-16-18(11-14)31-9-7-29-16)28-22(27-20)25-15-4-6-17-19(12-15)32-10-8-30-17/h3-6,11-13H,7-10H2,1-2H3,(H3,23,24,25,26,27,28). The molecule has 0 aliphatic carbocycles. The SMILES string of the molecule is CC(C)Nc1nc(Nc2ccc3c(c2)OCCO3)nc(Nc2ccc3c(c2)OCCO3)n1. The summed E-state index contributed by atoms with van der Waals surface area (Å²) < 4.78 is 22.5. The third-order valence-electron chi connectivity index (χ3n) is 4.65. The van der Waals surface area contributed by atoms with Gasteiger partial charge in [-0.1, -0.05) is 0 Å². The molecule has 0 atom stereocenters. The predicted octanol–water partition coefficient (Wildman–Crippen LogP) is 3.72. The van der Waals surface area contributed by atoms with E-state index >= 15 is 0 Å². The maximum absolute atomic E-state index is 5.66. The van der Waals surface area contributed by atoms with Gasteiger partial charge in [0.25, 0.3) is 0 Å². The lowest BCUT2D eigenvalue weighted by atomic mass is 10.2. The number of nitrogens with zero attached hydrogens (tertiary/aromatic N) is 3. The second kappa shape index (κ2) is 8.66. The summed E-state index contributed by atoms with van der Waals surface area (Å²) in [5.41, 5.74) is 1.56. The molecule has 3 aromatic rings. The minimum absolute atomic E-state index is 0.154. The van der Waals surface area contributed by atoms with Crippen molar-refractivity contribution < 1.29 is 18.9 Å². The molecule has 2 aliphatic rings. The maximum atomic E-state index is 5.66. The van der Waals surface area contributed by atoms with E-state index < -0.39 is 0 Å². The first kappa shape index (κ1) is 20.0. The fourth-order valence-electron chi connectivity index (χ4n) is 3.31. The average molecular weight is 436 g/mol. The van der Waals surface area contributed by atoms with Crippen molar-refractivity contribution in [2.24, 2.45) is 0 Å². The van der Waals surface area contributed by atoms with Crippen LogP contribution in [0.5, 0.6) is 23.0 Å². The Morgan fingerprint density at radius 1 is 0.625 bits per heavy atom. The number of fused-ring (bicyclic) bond motifs is 2. The first-order valence-corrected chi connectivity index (χ1v) is 10.5. The molecule has 0 unspecified atom stereocenters. The molecule has 10 heteroatoms. The summed E-state index contributed by atoms with van der Waals surface area (Å²) in [6.07, 6.45) is 0. The van der Waals surface area contributed by atoms with Crippen LogP contribution in [0.4, 0.5) is 29.2 Å². The van der Waals surface area contributed by atoms with E-state index in [1.807, 2.05) is 50.2 Å². The van der Waals surface area contributed by atoms with Crippen LogP contribution in [0.25, 0.3) is 0 Å². The zero-order valence-electron chi connectivity index (χ0n) is 17.8. The van der Waals surface area contributed by atoms with E-state index in [0.29, 0.717) is 55.8 Å². The lowest BCUT2D eigenvalue weighted by Crippen LogP contribution is -2.16. The number of rotatable bonds is 6. The Labute approximate surface area is 185 Å². The van der Waals surface area contributed by atoms with Crippen LogP contribution in [0, 0.1) is 0 Å². The predicted molar refractivity (Wildman–Crippen MR) is 120 cm³/mol. The van der Waals surface area contributed by atoms with Crippen LogP contribution in [0.2, 0.25) is 0 Å². The zero-order chi connectivity index (χ0) is 21.9. The summed E-state index contributed by atoms with van der Waals surface area (Å²) in [7, 11) is 0. The number of hydrogen-bond acceptors (Lipinski definition) is 10. The van der Waals surface area contributed by atoms with E-state index in [4.69, 9.17) is 18.9 Å². The number of nitrogens with one attached hydrogen (secondary N) is 3. The molecule has 32 heavy (non-hydrogen) atoms. The van der Waals surface area contributed by atoms with E-state index in [1.54, 1.807) is 0 Å². The van der Waals surface area contributed by atoms with Gasteiger partial charge in [-0.3, -0.25) is 0 Å². The number of aromatic nitrogens is 3. The highest BCUT2D eigenvalue weighted by Crippen LogP contribution is 2.35. The fourth-order valence-corrected chi connectivity index (χ4v) is 3.31. The number of ether oxygens (including phenoxy) is 4. The minimum atomic E-state index is 0.154. The molecule has 3 N–H and O–H groups in total. The molecule has 2 aliphatic heterocycles. The molecule has 0 saturated carbocycles. The maximum Gasteiger partial charge on any atom is 0.233 e. The van der Waals surface area contributed by atoms with Crippen LogP contribution >= 0.6 is 0 Å². The Bertz CT molecular complexity index is 1040. The van der Waals surface area contributed by atoms with E-state index in [0.717, 1.165) is 22.9 Å². The van der Waals surface area contributed by atoms with Crippen LogP contribution in [-0.4, -0.2) is 47.4 Å². The number of benzene rings is 2. The van der Waals surface area contributed by atoms with E-state index in [-0.39, 0.29) is 6.04 Å². The summed E-state index contributed by atoms with van der Waals surface area (Å²) in [6, 6.07) is 11.4. The van der Waals surface area contributed by atoms with E-state index in [9.17, 15) is 0 Å². The third kappa shape index (κ3) is 4.53. The van der Waals surface area contributed by atoms with Gasteiger partial charge >= 0.3 is 0 Å². The summed E-state index contributed by atoms with van der Waals surface area (Å²) in [4.78, 5) is 13.5. The zero-order valence-corrected chi connectivity index (χ0v) is 17.8. The van der Waals surface area contributed by atoms with Gasteiger partial charge in [0, 0.05) is 29.5 Å². The highest BCUT2D eigenvalue weighted by atomic mass is 16.6. The van der Waals surface area contributed by atoms with Gasteiger partial charge in [-0.2, -0.15) is 15.0 Å². The van der Waals surface area contributed by atoms with Crippen molar-refractivity contribution in [2.45, 2.75) is 19.9 Å². The van der Waals surface area contributed by atoms with Gasteiger partial charge in [0.1, 0.15) is 26.4 Å². The van der Waals surface area contributed by atoms with Gasteiger partial charge in [-0.05, 0) is 38.1 Å². The Morgan fingerprint density at radius 3 is 1.53 bits per heavy atom. The molecular weight excluding hydrogens is 412 g/mol. The quantitative estimate of drug-likeness (QED) is 0.528. The Balaban J connectivity index is 1.41. The lowest BCUT2D eigenvalue weighted by molar-refractivity contribution is 0.171. The van der Waals surface area contributed by atoms with Crippen LogP contribution in [0.3, 0.4) is 0 Å². The monoisotopic (exact) mass is 436 g/mol. The van der Waals surface area contributed by atoms with Crippen LogP contribution in [0.1, 0.15) is 13.8 Å². The van der Waals surface area contributed by atoms with E-state index in [2.05, 4.69) is 30.9 Å². The van der Waals surface area contributed by atoms with Crippen molar-refractivity contribution in [1.82, 2.24) is 15.0 Å². The van der Waals surface area contributed by atoms with Gasteiger partial charge in [0.2, 0.25) is 17.8 Å². The average Bonchev–Trinajstić information content (AvgIpc) is 2.78. The van der Waals surface area contributed by atoms with Crippen molar-refractivity contribution in [3.05, 3.63) is 36.4 Å². The van der Waals surface area contributed by atoms with Crippen LogP contribution < -0.4 is 34.9 Å². The molecule has 5 rings (SSSR count). The van der Waals surface area contributed by atoms with Gasteiger partial charge in [-0.25, -0.2) is 0 Å². The lowest BCUT2D eigenvalue weighted by Gasteiger charge is -2.19. The van der Waals surface area contributed by atoms with Crippen LogP contribution in [0.15, 0.2) is 36.4 Å². The Morgan fingerprint density at radius 2 is 1.06 bits per heavy atom. The molecule has 0 spiro atoms. The molecule has 0 radical (unpaired) electrons. The molecule has 0 fully saturated rings. The third-order valence-corrected chi connectivity index (χ3v) is 4.65. The highest BCUT2D eigenvalue weighted by Gasteiger charge is 2.15. The smallest absolute Gasteiger partial charge is 0.233 e. The molecule has 3 heterocycles. The molecule has 0 bridgehead atoms. The minimum Gasteiger partial charge on any atom is -0.486 e. The molecule has 2 aromatic carbocycles. The van der Waals surface area contributed by atoms with Crippen molar-refractivity contribution in [2.75, 3.05) is 42.4 Å². The summed E-state index contributed by atoms with van der Waals surface area (Å²) in [5.74, 6) is 4.05. The first-order valence-electron chi connectivity index (χ1n) is 10.5.